The van der Waals surface area contributed by atoms with E-state index in [1.807, 2.05) is 0 Å². The van der Waals surface area contributed by atoms with Crippen LogP contribution in [0, 0.1) is 0 Å². The number of benzene rings is 1. The molecule has 0 radical (unpaired) electrons. The van der Waals surface area contributed by atoms with Crippen LogP contribution in [0.25, 0.3) is 0 Å². The summed E-state index contributed by atoms with van der Waals surface area (Å²) in [5, 5.41) is 9.29. The second-order valence-electron chi connectivity index (χ2n) is 2.87. The molecule has 0 saturated heterocycles. The number of alkyl halides is 3. The molecule has 0 unspecified atom stereocenters. The maximum Gasteiger partial charge on any atom is 0.573 e. The fourth-order valence-electron chi connectivity index (χ4n) is 1.06. The quantitative estimate of drug-likeness (QED) is 0.814. The molecule has 0 aliphatic carbocycles. The van der Waals surface area contributed by atoms with Crippen molar-refractivity contribution in [1.82, 2.24) is 0 Å². The number of aliphatic hydroxyl groups excluding tert-OH is 1. The van der Waals surface area contributed by atoms with Crippen molar-refractivity contribution in [2.45, 2.75) is 12.5 Å². The lowest BCUT2D eigenvalue weighted by atomic mass is 10.1. The van der Waals surface area contributed by atoms with Crippen LogP contribution in [-0.2, 0) is 0 Å². The summed E-state index contributed by atoms with van der Waals surface area (Å²) in [6.07, 6.45) is -5.71. The highest BCUT2D eigenvalue weighted by atomic mass is 19.4. The molecule has 0 bridgehead atoms. The van der Waals surface area contributed by atoms with Gasteiger partial charge in [-0.05, 0) is 17.7 Å². The van der Waals surface area contributed by atoms with Gasteiger partial charge in [-0.15, -0.1) is 13.2 Å². The van der Waals surface area contributed by atoms with E-state index in [2.05, 4.69) is 4.74 Å². The first-order chi connectivity index (χ1) is 6.92. The summed E-state index contributed by atoms with van der Waals surface area (Å²) in [5.41, 5.74) is 5.46. The molecule has 6 heteroatoms. The van der Waals surface area contributed by atoms with Crippen molar-refractivity contribution in [2.75, 3.05) is 6.54 Å². The van der Waals surface area contributed by atoms with E-state index in [9.17, 15) is 18.3 Å². The maximum absolute atomic E-state index is 11.8. The second-order valence-corrected chi connectivity index (χ2v) is 2.87. The summed E-state index contributed by atoms with van der Waals surface area (Å²) >= 11 is 0. The van der Waals surface area contributed by atoms with Gasteiger partial charge in [-0.3, -0.25) is 0 Å². The topological polar surface area (TPSA) is 55.5 Å². The molecule has 0 amide bonds. The fourth-order valence-corrected chi connectivity index (χ4v) is 1.06. The molecule has 84 valence electrons. The molecule has 1 rings (SSSR count). The van der Waals surface area contributed by atoms with Crippen molar-refractivity contribution >= 4 is 0 Å². The number of aliphatic hydroxyl groups is 1. The summed E-state index contributed by atoms with van der Waals surface area (Å²) in [6, 6.07) is 5.08. The lowest BCUT2D eigenvalue weighted by Gasteiger charge is -2.12. The van der Waals surface area contributed by atoms with Crippen LogP contribution in [-0.4, -0.2) is 18.0 Å². The Morgan fingerprint density at radius 3 is 2.60 bits per heavy atom. The summed E-state index contributed by atoms with van der Waals surface area (Å²) in [6.45, 7) is -0.0600. The predicted octanol–water partition coefficient (Wildman–Crippen LogP) is 1.58. The Labute approximate surface area is 84.3 Å². The third-order valence-electron chi connectivity index (χ3n) is 1.70. The molecule has 3 N–H and O–H groups in total. The van der Waals surface area contributed by atoms with Gasteiger partial charge in [-0.25, -0.2) is 0 Å². The van der Waals surface area contributed by atoms with E-state index < -0.39 is 12.5 Å². The van der Waals surface area contributed by atoms with Crippen molar-refractivity contribution < 1.29 is 23.0 Å². The van der Waals surface area contributed by atoms with E-state index in [4.69, 9.17) is 5.73 Å². The van der Waals surface area contributed by atoms with Gasteiger partial charge in [-0.2, -0.15) is 0 Å². The third-order valence-corrected chi connectivity index (χ3v) is 1.70. The number of rotatable bonds is 3. The number of hydrogen-bond donors (Lipinski definition) is 2. The Morgan fingerprint density at radius 1 is 1.40 bits per heavy atom. The van der Waals surface area contributed by atoms with Crippen LogP contribution in [0.15, 0.2) is 24.3 Å². The van der Waals surface area contributed by atoms with Crippen LogP contribution >= 0.6 is 0 Å². The van der Waals surface area contributed by atoms with Crippen molar-refractivity contribution in [3.63, 3.8) is 0 Å². The molecule has 15 heavy (non-hydrogen) atoms. The lowest BCUT2D eigenvalue weighted by molar-refractivity contribution is -0.274. The Kier molecular flexibility index (Phi) is 3.54. The SMILES string of the molecule is NC[C@H](O)c1cccc(OC(F)(F)F)c1. The Balaban J connectivity index is 2.83. The van der Waals surface area contributed by atoms with Crippen LogP contribution in [0.5, 0.6) is 5.75 Å². The van der Waals surface area contributed by atoms with Crippen LogP contribution < -0.4 is 10.5 Å². The minimum atomic E-state index is -4.73. The van der Waals surface area contributed by atoms with Gasteiger partial charge >= 0.3 is 6.36 Å². The largest absolute Gasteiger partial charge is 0.573 e. The molecule has 0 saturated carbocycles. The first-order valence-electron chi connectivity index (χ1n) is 4.16. The normalized spacial score (nSPS) is 13.7. The highest BCUT2D eigenvalue weighted by molar-refractivity contribution is 5.30. The summed E-state index contributed by atoms with van der Waals surface area (Å²) in [4.78, 5) is 0. The minimum Gasteiger partial charge on any atom is -0.406 e. The molecule has 0 spiro atoms. The van der Waals surface area contributed by atoms with Crippen molar-refractivity contribution in [2.24, 2.45) is 5.73 Å². The molecule has 0 heterocycles. The van der Waals surface area contributed by atoms with Gasteiger partial charge in [0.05, 0.1) is 6.10 Å². The van der Waals surface area contributed by atoms with E-state index in [0.717, 1.165) is 12.1 Å². The average molecular weight is 221 g/mol. The van der Waals surface area contributed by atoms with E-state index >= 15 is 0 Å². The van der Waals surface area contributed by atoms with E-state index in [0.29, 0.717) is 5.56 Å². The first-order valence-corrected chi connectivity index (χ1v) is 4.16. The molecular formula is C9H10F3NO2. The standard InChI is InChI=1S/C9H10F3NO2/c10-9(11,12)15-7-3-1-2-6(4-7)8(14)5-13/h1-4,8,14H,5,13H2/t8-/m0/s1. The lowest BCUT2D eigenvalue weighted by Crippen LogP contribution is -2.17. The number of hydrogen-bond acceptors (Lipinski definition) is 3. The summed E-state index contributed by atoms with van der Waals surface area (Å²) < 4.78 is 39.2. The van der Waals surface area contributed by atoms with E-state index in [1.165, 1.54) is 12.1 Å². The zero-order valence-electron chi connectivity index (χ0n) is 7.66. The van der Waals surface area contributed by atoms with Crippen molar-refractivity contribution in [1.29, 1.82) is 0 Å². The van der Waals surface area contributed by atoms with Crippen LogP contribution in [0.4, 0.5) is 13.2 Å². The fraction of sp³-hybridized carbons (Fsp3) is 0.333. The Morgan fingerprint density at radius 2 is 2.07 bits per heavy atom. The Hall–Kier alpha value is -1.27. The molecule has 0 aliphatic rings. The van der Waals surface area contributed by atoms with Gasteiger partial charge in [-0.1, -0.05) is 12.1 Å². The Bertz CT molecular complexity index is 327. The molecule has 1 aromatic carbocycles. The number of halogens is 3. The number of nitrogens with two attached hydrogens (primary N) is 1. The van der Waals surface area contributed by atoms with Gasteiger partial charge in [0, 0.05) is 6.54 Å². The van der Waals surface area contributed by atoms with Gasteiger partial charge in [0.2, 0.25) is 0 Å². The smallest absolute Gasteiger partial charge is 0.406 e. The molecule has 0 aromatic heterocycles. The highest BCUT2D eigenvalue weighted by Gasteiger charge is 2.31. The minimum absolute atomic E-state index is 0.0600. The monoisotopic (exact) mass is 221 g/mol. The van der Waals surface area contributed by atoms with Crippen LogP contribution in [0.2, 0.25) is 0 Å². The molecular weight excluding hydrogens is 211 g/mol. The molecule has 1 atom stereocenters. The van der Waals surface area contributed by atoms with Crippen molar-refractivity contribution in [3.8, 4) is 5.75 Å². The predicted molar refractivity (Wildman–Crippen MR) is 47.1 cm³/mol. The molecule has 1 aromatic rings. The summed E-state index contributed by atoms with van der Waals surface area (Å²) in [7, 11) is 0. The first kappa shape index (κ1) is 11.8. The molecule has 3 nitrogen and oxygen atoms in total. The van der Waals surface area contributed by atoms with E-state index in [1.54, 1.807) is 0 Å². The summed E-state index contributed by atoms with van der Waals surface area (Å²) in [5.74, 6) is -0.368. The van der Waals surface area contributed by atoms with Crippen molar-refractivity contribution in [3.05, 3.63) is 29.8 Å². The zero-order chi connectivity index (χ0) is 11.5. The van der Waals surface area contributed by atoms with Crippen LogP contribution in [0.3, 0.4) is 0 Å². The average Bonchev–Trinajstić information content (AvgIpc) is 2.14. The van der Waals surface area contributed by atoms with Crippen LogP contribution in [0.1, 0.15) is 11.7 Å². The third kappa shape index (κ3) is 3.77. The van der Waals surface area contributed by atoms with Gasteiger partial charge in [0.15, 0.2) is 0 Å². The molecule has 0 fully saturated rings. The van der Waals surface area contributed by atoms with Gasteiger partial charge in [0.25, 0.3) is 0 Å². The highest BCUT2D eigenvalue weighted by Crippen LogP contribution is 2.25. The molecule has 0 aliphatic heterocycles. The zero-order valence-corrected chi connectivity index (χ0v) is 7.66. The van der Waals surface area contributed by atoms with Gasteiger partial charge < -0.3 is 15.6 Å². The maximum atomic E-state index is 11.8. The number of ether oxygens (including phenoxy) is 1. The van der Waals surface area contributed by atoms with Gasteiger partial charge in [0.1, 0.15) is 5.75 Å². The second kappa shape index (κ2) is 4.50. The van der Waals surface area contributed by atoms with E-state index in [-0.39, 0.29) is 12.3 Å².